The molecule has 3 heterocycles. The number of carbonyl (C=O) groups excluding carboxylic acids is 2. The van der Waals surface area contributed by atoms with E-state index in [4.69, 9.17) is 0 Å². The highest BCUT2D eigenvalue weighted by atomic mass is 32.1. The van der Waals surface area contributed by atoms with E-state index in [0.29, 0.717) is 32.1 Å². The molecular weight excluding hydrogens is 310 g/mol. The number of nitrogens with one attached hydrogen (secondary N) is 1. The SMILES string of the molecule is CCN1C[C@H](C(=O)NC[C@H](C)N2CCc3sccc3C2)CC1=O. The Morgan fingerprint density at radius 2 is 2.35 bits per heavy atom. The summed E-state index contributed by atoms with van der Waals surface area (Å²) < 4.78 is 0. The van der Waals surface area contributed by atoms with Crippen LogP contribution in [0.1, 0.15) is 30.7 Å². The predicted molar refractivity (Wildman–Crippen MR) is 91.3 cm³/mol. The van der Waals surface area contributed by atoms with Crippen LogP contribution in [-0.4, -0.2) is 53.8 Å². The molecule has 1 aromatic rings. The first-order valence-corrected chi connectivity index (χ1v) is 9.31. The number of fused-ring (bicyclic) bond motifs is 1. The van der Waals surface area contributed by atoms with Gasteiger partial charge in [-0.3, -0.25) is 14.5 Å². The molecule has 2 aliphatic rings. The zero-order valence-corrected chi connectivity index (χ0v) is 14.7. The Labute approximate surface area is 141 Å². The van der Waals surface area contributed by atoms with Crippen LogP contribution in [0.25, 0.3) is 0 Å². The highest BCUT2D eigenvalue weighted by Crippen LogP contribution is 2.25. The van der Waals surface area contributed by atoms with Crippen molar-refractivity contribution in [2.75, 3.05) is 26.2 Å². The minimum absolute atomic E-state index is 0.0226. The first-order chi connectivity index (χ1) is 11.1. The van der Waals surface area contributed by atoms with Crippen LogP contribution in [0.2, 0.25) is 0 Å². The Kier molecular flexibility index (Phi) is 5.02. The second-order valence-corrected chi connectivity index (χ2v) is 7.52. The Bertz CT molecular complexity index is 586. The van der Waals surface area contributed by atoms with Gasteiger partial charge in [0.2, 0.25) is 11.8 Å². The summed E-state index contributed by atoms with van der Waals surface area (Å²) in [6, 6.07) is 2.52. The zero-order chi connectivity index (χ0) is 16.4. The van der Waals surface area contributed by atoms with Crippen LogP contribution in [0.4, 0.5) is 0 Å². The minimum Gasteiger partial charge on any atom is -0.354 e. The minimum atomic E-state index is -0.181. The van der Waals surface area contributed by atoms with Gasteiger partial charge in [-0.2, -0.15) is 0 Å². The Morgan fingerprint density at radius 3 is 3.09 bits per heavy atom. The number of amides is 2. The molecule has 1 aromatic heterocycles. The van der Waals surface area contributed by atoms with Gasteiger partial charge in [-0.15, -0.1) is 11.3 Å². The fourth-order valence-corrected chi connectivity index (χ4v) is 4.31. The van der Waals surface area contributed by atoms with Crippen LogP contribution in [-0.2, 0) is 22.6 Å². The van der Waals surface area contributed by atoms with Crippen LogP contribution in [0.15, 0.2) is 11.4 Å². The highest BCUT2D eigenvalue weighted by Gasteiger charge is 2.33. The number of hydrogen-bond acceptors (Lipinski definition) is 4. The smallest absolute Gasteiger partial charge is 0.225 e. The van der Waals surface area contributed by atoms with E-state index in [1.54, 1.807) is 4.90 Å². The molecule has 0 radical (unpaired) electrons. The molecule has 0 unspecified atom stereocenters. The van der Waals surface area contributed by atoms with Gasteiger partial charge >= 0.3 is 0 Å². The van der Waals surface area contributed by atoms with E-state index in [1.165, 1.54) is 10.4 Å². The molecule has 2 amide bonds. The van der Waals surface area contributed by atoms with E-state index in [1.807, 2.05) is 18.3 Å². The average molecular weight is 335 g/mol. The summed E-state index contributed by atoms with van der Waals surface area (Å²) in [7, 11) is 0. The number of hydrogen-bond donors (Lipinski definition) is 1. The van der Waals surface area contributed by atoms with Crippen LogP contribution in [0.3, 0.4) is 0 Å². The number of rotatable bonds is 5. The first-order valence-electron chi connectivity index (χ1n) is 8.43. The third-order valence-electron chi connectivity index (χ3n) is 5.00. The predicted octanol–water partition coefficient (Wildman–Crippen LogP) is 1.48. The molecule has 5 nitrogen and oxygen atoms in total. The number of carbonyl (C=O) groups is 2. The number of thiophene rings is 1. The van der Waals surface area contributed by atoms with E-state index >= 15 is 0 Å². The van der Waals surface area contributed by atoms with Crippen molar-refractivity contribution in [2.24, 2.45) is 5.92 Å². The standard InChI is InChI=1S/C17H25N3O2S/c1-3-19-11-14(8-16(19)21)17(22)18-9-12(2)20-6-4-15-13(10-20)5-7-23-15/h5,7,12,14H,3-4,6,8-11H2,1-2H3,(H,18,22)/t12-,14+/m0/s1. The van der Waals surface area contributed by atoms with Gasteiger partial charge in [-0.1, -0.05) is 0 Å². The molecule has 0 saturated carbocycles. The van der Waals surface area contributed by atoms with Gasteiger partial charge in [0.1, 0.15) is 0 Å². The average Bonchev–Trinajstić information content (AvgIpc) is 3.17. The lowest BCUT2D eigenvalue weighted by Gasteiger charge is -2.32. The molecule has 2 atom stereocenters. The lowest BCUT2D eigenvalue weighted by molar-refractivity contribution is -0.128. The first kappa shape index (κ1) is 16.5. The van der Waals surface area contributed by atoms with Gasteiger partial charge in [0.25, 0.3) is 0 Å². The van der Waals surface area contributed by atoms with Gasteiger partial charge in [0.05, 0.1) is 5.92 Å². The fraction of sp³-hybridized carbons (Fsp3) is 0.647. The maximum absolute atomic E-state index is 12.3. The third-order valence-corrected chi connectivity index (χ3v) is 6.02. The van der Waals surface area contributed by atoms with Gasteiger partial charge in [0.15, 0.2) is 0 Å². The summed E-state index contributed by atoms with van der Waals surface area (Å²) in [5, 5.41) is 5.21. The Hall–Kier alpha value is -1.40. The van der Waals surface area contributed by atoms with Crippen LogP contribution >= 0.6 is 11.3 Å². The molecule has 1 saturated heterocycles. The molecule has 0 aromatic carbocycles. The third kappa shape index (κ3) is 3.58. The van der Waals surface area contributed by atoms with Crippen LogP contribution < -0.4 is 5.32 Å². The normalized spacial score (nSPS) is 23.0. The summed E-state index contributed by atoms with van der Waals surface area (Å²) in [4.78, 5) is 29.7. The van der Waals surface area contributed by atoms with Crippen LogP contribution in [0.5, 0.6) is 0 Å². The molecule has 6 heteroatoms. The molecule has 0 aliphatic carbocycles. The van der Waals surface area contributed by atoms with E-state index in [-0.39, 0.29) is 17.7 Å². The maximum atomic E-state index is 12.3. The van der Waals surface area contributed by atoms with Gasteiger partial charge in [-0.05, 0) is 37.3 Å². The van der Waals surface area contributed by atoms with Crippen molar-refractivity contribution in [2.45, 2.75) is 39.3 Å². The summed E-state index contributed by atoms with van der Waals surface area (Å²) in [5.41, 5.74) is 1.43. The lowest BCUT2D eigenvalue weighted by atomic mass is 10.1. The highest BCUT2D eigenvalue weighted by molar-refractivity contribution is 7.10. The van der Waals surface area contributed by atoms with Crippen LogP contribution in [0, 0.1) is 5.92 Å². The second-order valence-electron chi connectivity index (χ2n) is 6.52. The fourth-order valence-electron chi connectivity index (χ4n) is 3.42. The molecule has 126 valence electrons. The van der Waals surface area contributed by atoms with E-state index in [0.717, 1.165) is 19.5 Å². The summed E-state index contributed by atoms with van der Waals surface area (Å²) in [5.74, 6) is -0.0596. The van der Waals surface area contributed by atoms with E-state index in [9.17, 15) is 9.59 Å². The molecule has 1 fully saturated rings. The van der Waals surface area contributed by atoms with E-state index < -0.39 is 0 Å². The van der Waals surface area contributed by atoms with Crippen molar-refractivity contribution in [1.29, 1.82) is 0 Å². The lowest BCUT2D eigenvalue weighted by Crippen LogP contribution is -2.45. The summed E-state index contributed by atoms with van der Waals surface area (Å²) >= 11 is 1.84. The number of likely N-dealkylation sites (tertiary alicyclic amines) is 1. The molecular formula is C17H25N3O2S. The Morgan fingerprint density at radius 1 is 1.52 bits per heavy atom. The summed E-state index contributed by atoms with van der Waals surface area (Å²) in [6.07, 6.45) is 1.46. The molecule has 0 spiro atoms. The molecule has 0 bridgehead atoms. The largest absolute Gasteiger partial charge is 0.354 e. The molecule has 3 rings (SSSR count). The monoisotopic (exact) mass is 335 g/mol. The molecule has 2 aliphatic heterocycles. The van der Waals surface area contributed by atoms with E-state index in [2.05, 4.69) is 28.6 Å². The Balaban J connectivity index is 1.47. The van der Waals surface area contributed by atoms with Gasteiger partial charge in [0, 0.05) is 50.1 Å². The topological polar surface area (TPSA) is 52.7 Å². The van der Waals surface area contributed by atoms with Crippen molar-refractivity contribution < 1.29 is 9.59 Å². The van der Waals surface area contributed by atoms with Crippen molar-refractivity contribution in [3.8, 4) is 0 Å². The maximum Gasteiger partial charge on any atom is 0.225 e. The number of nitrogens with zero attached hydrogens (tertiary/aromatic N) is 2. The molecule has 1 N–H and O–H groups in total. The van der Waals surface area contributed by atoms with Crippen molar-refractivity contribution in [3.63, 3.8) is 0 Å². The summed E-state index contributed by atoms with van der Waals surface area (Å²) in [6.45, 7) is 8.05. The van der Waals surface area contributed by atoms with Gasteiger partial charge < -0.3 is 10.2 Å². The second kappa shape index (κ2) is 7.01. The van der Waals surface area contributed by atoms with Crippen molar-refractivity contribution >= 4 is 23.2 Å². The van der Waals surface area contributed by atoms with Crippen molar-refractivity contribution in [3.05, 3.63) is 21.9 Å². The zero-order valence-electron chi connectivity index (χ0n) is 13.9. The quantitative estimate of drug-likeness (QED) is 0.887. The van der Waals surface area contributed by atoms with Crippen molar-refractivity contribution in [1.82, 2.24) is 15.1 Å². The molecule has 23 heavy (non-hydrogen) atoms. The van der Waals surface area contributed by atoms with Gasteiger partial charge in [-0.25, -0.2) is 0 Å².